The molecular weight excluding hydrogens is 398 g/mol. The van der Waals surface area contributed by atoms with Gasteiger partial charge in [-0.05, 0) is 42.0 Å². The Balaban J connectivity index is 1.27. The fourth-order valence-corrected chi connectivity index (χ4v) is 4.98. The number of hydrogen-bond acceptors (Lipinski definition) is 5. The maximum absolute atomic E-state index is 12.5. The molecule has 0 aliphatic carbocycles. The smallest absolute Gasteiger partial charge is 0.263 e. The molecule has 0 radical (unpaired) electrons. The van der Waals surface area contributed by atoms with Gasteiger partial charge in [-0.25, -0.2) is 4.98 Å². The topological polar surface area (TPSA) is 45.2 Å². The lowest BCUT2D eigenvalue weighted by molar-refractivity contribution is 0.0913. The minimum absolute atomic E-state index is 0.00791. The molecule has 1 aliphatic rings. The van der Waals surface area contributed by atoms with Crippen molar-refractivity contribution in [3.8, 4) is 9.88 Å². The molecule has 1 aromatic carbocycles. The van der Waals surface area contributed by atoms with Crippen LogP contribution in [0.2, 0.25) is 5.02 Å². The van der Waals surface area contributed by atoms with Gasteiger partial charge in [0.2, 0.25) is 0 Å². The molecule has 140 valence electrons. The van der Waals surface area contributed by atoms with Crippen LogP contribution in [-0.4, -0.2) is 34.9 Å². The Morgan fingerprint density at radius 1 is 1.22 bits per heavy atom. The molecule has 0 saturated carbocycles. The molecule has 27 heavy (non-hydrogen) atoms. The van der Waals surface area contributed by atoms with Crippen LogP contribution in [0, 0.1) is 0 Å². The minimum atomic E-state index is -0.00791. The quantitative estimate of drug-likeness (QED) is 0.640. The number of likely N-dealkylation sites (tertiary alicyclic amines) is 1. The largest absolute Gasteiger partial charge is 0.348 e. The van der Waals surface area contributed by atoms with Crippen molar-refractivity contribution in [3.63, 3.8) is 0 Å². The van der Waals surface area contributed by atoms with Crippen LogP contribution in [0.25, 0.3) is 9.88 Å². The van der Waals surface area contributed by atoms with Crippen molar-refractivity contribution < 1.29 is 4.79 Å². The van der Waals surface area contributed by atoms with E-state index in [1.807, 2.05) is 29.6 Å². The Morgan fingerprint density at radius 2 is 2.00 bits per heavy atom. The van der Waals surface area contributed by atoms with Crippen LogP contribution in [0.15, 0.2) is 48.0 Å². The Morgan fingerprint density at radius 3 is 2.70 bits per heavy atom. The van der Waals surface area contributed by atoms with E-state index >= 15 is 0 Å². The van der Waals surface area contributed by atoms with E-state index < -0.39 is 0 Å². The molecule has 3 aromatic rings. The molecule has 4 rings (SSSR count). The van der Waals surface area contributed by atoms with Crippen molar-refractivity contribution in [1.82, 2.24) is 15.2 Å². The lowest BCUT2D eigenvalue weighted by Crippen LogP contribution is -2.44. The molecule has 1 saturated heterocycles. The number of carbonyl (C=O) groups is 1. The molecule has 1 amide bonds. The highest BCUT2D eigenvalue weighted by Crippen LogP contribution is 2.29. The van der Waals surface area contributed by atoms with Crippen LogP contribution < -0.4 is 5.32 Å². The number of carbonyl (C=O) groups excluding carboxylic acids is 1. The van der Waals surface area contributed by atoms with Gasteiger partial charge in [0.05, 0.1) is 11.1 Å². The Labute approximate surface area is 171 Å². The summed E-state index contributed by atoms with van der Waals surface area (Å²) in [5.74, 6) is -0.00791. The number of benzene rings is 1. The van der Waals surface area contributed by atoms with Crippen molar-refractivity contribution in [3.05, 3.63) is 63.4 Å². The highest BCUT2D eigenvalue weighted by atomic mass is 35.5. The van der Waals surface area contributed by atoms with Gasteiger partial charge in [-0.3, -0.25) is 9.69 Å². The first-order chi connectivity index (χ1) is 13.2. The molecule has 1 aliphatic heterocycles. The van der Waals surface area contributed by atoms with Crippen LogP contribution in [0.3, 0.4) is 0 Å². The van der Waals surface area contributed by atoms with Crippen molar-refractivity contribution in [2.75, 3.05) is 13.1 Å². The van der Waals surface area contributed by atoms with Gasteiger partial charge in [0.15, 0.2) is 0 Å². The molecule has 3 heterocycles. The van der Waals surface area contributed by atoms with E-state index in [0.29, 0.717) is 4.88 Å². The highest BCUT2D eigenvalue weighted by molar-refractivity contribution is 7.21. The van der Waals surface area contributed by atoms with Gasteiger partial charge in [-0.2, -0.15) is 0 Å². The SMILES string of the molecule is O=C(NC1CCN(Cc2ccc(Cl)cc2)CC1)c1cnc(-c2cccs2)s1. The summed E-state index contributed by atoms with van der Waals surface area (Å²) in [4.78, 5) is 21.1. The monoisotopic (exact) mass is 417 g/mol. The minimum Gasteiger partial charge on any atom is -0.348 e. The lowest BCUT2D eigenvalue weighted by atomic mass is 10.0. The van der Waals surface area contributed by atoms with Gasteiger partial charge in [0.1, 0.15) is 9.88 Å². The van der Waals surface area contributed by atoms with Crippen LogP contribution in [0.4, 0.5) is 0 Å². The zero-order chi connectivity index (χ0) is 18.6. The van der Waals surface area contributed by atoms with Gasteiger partial charge in [-0.1, -0.05) is 29.8 Å². The standard InChI is InChI=1S/C20H20ClN3OS2/c21-15-5-3-14(4-6-15)13-24-9-7-16(8-10-24)23-19(25)18-12-22-20(27-18)17-2-1-11-26-17/h1-6,11-12,16H,7-10,13H2,(H,23,25). The van der Waals surface area contributed by atoms with Gasteiger partial charge >= 0.3 is 0 Å². The molecule has 0 unspecified atom stereocenters. The predicted octanol–water partition coefficient (Wildman–Crippen LogP) is 4.92. The summed E-state index contributed by atoms with van der Waals surface area (Å²) >= 11 is 9.04. The predicted molar refractivity (Wildman–Crippen MR) is 113 cm³/mol. The van der Waals surface area contributed by atoms with Crippen molar-refractivity contribution in [2.24, 2.45) is 0 Å². The fraction of sp³-hybridized carbons (Fsp3) is 0.300. The summed E-state index contributed by atoms with van der Waals surface area (Å²) in [6, 6.07) is 12.3. The van der Waals surface area contributed by atoms with E-state index in [1.54, 1.807) is 17.5 Å². The number of thiazole rings is 1. The maximum atomic E-state index is 12.5. The van der Waals surface area contributed by atoms with E-state index in [-0.39, 0.29) is 11.9 Å². The molecule has 4 nitrogen and oxygen atoms in total. The molecule has 0 bridgehead atoms. The molecule has 1 fully saturated rings. The Kier molecular flexibility index (Phi) is 5.88. The van der Waals surface area contributed by atoms with Gasteiger partial charge in [0, 0.05) is 30.7 Å². The zero-order valence-corrected chi connectivity index (χ0v) is 17.1. The summed E-state index contributed by atoms with van der Waals surface area (Å²) in [6.45, 7) is 2.89. The fourth-order valence-electron chi connectivity index (χ4n) is 3.23. The van der Waals surface area contributed by atoms with Crippen molar-refractivity contribution in [1.29, 1.82) is 0 Å². The molecule has 1 N–H and O–H groups in total. The van der Waals surface area contributed by atoms with Gasteiger partial charge < -0.3 is 5.32 Å². The zero-order valence-electron chi connectivity index (χ0n) is 14.7. The number of hydrogen-bond donors (Lipinski definition) is 1. The summed E-state index contributed by atoms with van der Waals surface area (Å²) in [6.07, 6.45) is 3.62. The third kappa shape index (κ3) is 4.76. The number of nitrogens with one attached hydrogen (secondary N) is 1. The summed E-state index contributed by atoms with van der Waals surface area (Å²) in [5, 5.41) is 6.88. The maximum Gasteiger partial charge on any atom is 0.263 e. The number of halogens is 1. The average molecular weight is 418 g/mol. The second-order valence-corrected chi connectivity index (χ2v) is 9.07. The first kappa shape index (κ1) is 18.6. The normalized spacial score (nSPS) is 15.7. The summed E-state index contributed by atoms with van der Waals surface area (Å²) in [5.41, 5.74) is 1.27. The number of nitrogens with zero attached hydrogens (tertiary/aromatic N) is 2. The summed E-state index contributed by atoms with van der Waals surface area (Å²) < 4.78 is 0. The van der Waals surface area contributed by atoms with E-state index in [9.17, 15) is 4.79 Å². The van der Waals surface area contributed by atoms with Crippen LogP contribution in [-0.2, 0) is 6.54 Å². The van der Waals surface area contributed by atoms with Crippen LogP contribution >= 0.6 is 34.3 Å². The first-order valence-electron chi connectivity index (χ1n) is 8.95. The van der Waals surface area contributed by atoms with Gasteiger partial charge in [0.25, 0.3) is 5.91 Å². The summed E-state index contributed by atoms with van der Waals surface area (Å²) in [7, 11) is 0. The molecular formula is C20H20ClN3OS2. The third-order valence-electron chi connectivity index (χ3n) is 4.70. The highest BCUT2D eigenvalue weighted by Gasteiger charge is 2.22. The van der Waals surface area contributed by atoms with Crippen LogP contribution in [0.1, 0.15) is 28.1 Å². The first-order valence-corrected chi connectivity index (χ1v) is 11.0. The van der Waals surface area contributed by atoms with E-state index in [1.165, 1.54) is 16.9 Å². The van der Waals surface area contributed by atoms with E-state index in [2.05, 4.69) is 27.3 Å². The number of thiophene rings is 1. The molecule has 7 heteroatoms. The molecule has 0 spiro atoms. The number of amides is 1. The second kappa shape index (κ2) is 8.52. The lowest BCUT2D eigenvalue weighted by Gasteiger charge is -2.32. The van der Waals surface area contributed by atoms with E-state index in [4.69, 9.17) is 11.6 Å². The second-order valence-electron chi connectivity index (χ2n) is 6.66. The Bertz CT molecular complexity index is 884. The average Bonchev–Trinajstić information content (AvgIpc) is 3.36. The number of piperidine rings is 1. The van der Waals surface area contributed by atoms with Crippen LogP contribution in [0.5, 0.6) is 0 Å². The number of aromatic nitrogens is 1. The van der Waals surface area contributed by atoms with Crippen molar-refractivity contribution in [2.45, 2.75) is 25.4 Å². The molecule has 2 aromatic heterocycles. The van der Waals surface area contributed by atoms with Crippen molar-refractivity contribution >= 4 is 40.2 Å². The third-order valence-corrected chi connectivity index (χ3v) is 6.99. The molecule has 0 atom stereocenters. The number of rotatable bonds is 5. The van der Waals surface area contributed by atoms with E-state index in [0.717, 1.165) is 47.4 Å². The Hall–Kier alpha value is -1.73. The van der Waals surface area contributed by atoms with Gasteiger partial charge in [-0.15, -0.1) is 22.7 Å².